The molecule has 148 valence electrons. The van der Waals surface area contributed by atoms with Crippen molar-refractivity contribution in [1.29, 1.82) is 0 Å². The van der Waals surface area contributed by atoms with Crippen LogP contribution in [0.3, 0.4) is 0 Å². The maximum atomic E-state index is 13.1. The van der Waals surface area contributed by atoms with Crippen molar-refractivity contribution in [2.75, 3.05) is 12.4 Å². The Labute approximate surface area is 165 Å². The van der Waals surface area contributed by atoms with Crippen molar-refractivity contribution in [3.63, 3.8) is 0 Å². The number of methoxy groups -OCH3 is 1. The van der Waals surface area contributed by atoms with Crippen LogP contribution in [0.2, 0.25) is 0 Å². The normalized spacial score (nSPS) is 11.4. The summed E-state index contributed by atoms with van der Waals surface area (Å²) < 4.78 is 23.9. The van der Waals surface area contributed by atoms with Crippen LogP contribution in [-0.2, 0) is 4.79 Å². The maximum absolute atomic E-state index is 13.1. The second-order valence-corrected chi connectivity index (χ2v) is 6.00. The van der Waals surface area contributed by atoms with E-state index < -0.39 is 22.8 Å². The zero-order chi connectivity index (χ0) is 20.8. The number of nitro groups is 1. The van der Waals surface area contributed by atoms with Gasteiger partial charge in [0.2, 0.25) is 6.10 Å². The van der Waals surface area contributed by atoms with E-state index in [0.717, 1.165) is 0 Å². The minimum Gasteiger partial charge on any atom is -0.496 e. The van der Waals surface area contributed by atoms with Gasteiger partial charge in [0.1, 0.15) is 11.6 Å². The van der Waals surface area contributed by atoms with Crippen molar-refractivity contribution in [2.45, 2.75) is 6.10 Å². The molecule has 0 saturated heterocycles. The van der Waals surface area contributed by atoms with Gasteiger partial charge >= 0.3 is 5.69 Å². The smallest absolute Gasteiger partial charge is 0.314 e. The molecule has 0 aliphatic heterocycles. The highest BCUT2D eigenvalue weighted by Crippen LogP contribution is 2.34. The fourth-order valence-electron chi connectivity index (χ4n) is 2.64. The first-order chi connectivity index (χ1) is 14.0. The summed E-state index contributed by atoms with van der Waals surface area (Å²) in [6.07, 6.45) is -1.17. The molecular formula is C21H17FN2O5. The molecule has 3 rings (SSSR count). The quantitative estimate of drug-likeness (QED) is 0.469. The first-order valence-electron chi connectivity index (χ1n) is 8.58. The monoisotopic (exact) mass is 396 g/mol. The summed E-state index contributed by atoms with van der Waals surface area (Å²) in [4.78, 5) is 23.7. The number of carbonyl (C=O) groups excluding carboxylic acids is 1. The molecule has 3 aromatic carbocycles. The molecule has 3 aromatic rings. The van der Waals surface area contributed by atoms with Crippen molar-refractivity contribution < 1.29 is 23.6 Å². The molecule has 8 heteroatoms. The Kier molecular flexibility index (Phi) is 6.03. The van der Waals surface area contributed by atoms with Crippen LogP contribution in [0.25, 0.3) is 0 Å². The van der Waals surface area contributed by atoms with E-state index in [9.17, 15) is 19.3 Å². The van der Waals surface area contributed by atoms with Crippen LogP contribution in [0.1, 0.15) is 11.7 Å². The Hall–Kier alpha value is -3.94. The van der Waals surface area contributed by atoms with Gasteiger partial charge < -0.3 is 14.8 Å². The first kappa shape index (κ1) is 19.8. The van der Waals surface area contributed by atoms with E-state index in [2.05, 4.69) is 5.32 Å². The molecule has 7 nitrogen and oxygen atoms in total. The number of anilines is 1. The van der Waals surface area contributed by atoms with Crippen molar-refractivity contribution in [1.82, 2.24) is 0 Å². The molecule has 0 aromatic heterocycles. The van der Waals surface area contributed by atoms with Gasteiger partial charge in [-0.3, -0.25) is 14.9 Å². The van der Waals surface area contributed by atoms with Gasteiger partial charge in [-0.1, -0.05) is 30.3 Å². The van der Waals surface area contributed by atoms with E-state index in [1.165, 1.54) is 49.6 Å². The molecule has 0 bridgehead atoms. The third kappa shape index (κ3) is 4.86. The van der Waals surface area contributed by atoms with E-state index in [4.69, 9.17) is 9.47 Å². The molecule has 0 aliphatic carbocycles. The average molecular weight is 396 g/mol. The number of ether oxygens (including phenoxy) is 2. The van der Waals surface area contributed by atoms with E-state index >= 15 is 0 Å². The number of benzene rings is 3. The van der Waals surface area contributed by atoms with Crippen LogP contribution in [0.15, 0.2) is 72.8 Å². The van der Waals surface area contributed by atoms with Gasteiger partial charge in [-0.05, 0) is 36.4 Å². The number of carbonyl (C=O) groups is 1. The van der Waals surface area contributed by atoms with Crippen LogP contribution >= 0.6 is 0 Å². The zero-order valence-electron chi connectivity index (χ0n) is 15.4. The zero-order valence-corrected chi connectivity index (χ0v) is 15.4. The molecule has 29 heavy (non-hydrogen) atoms. The highest BCUT2D eigenvalue weighted by atomic mass is 19.1. The first-order valence-corrected chi connectivity index (χ1v) is 8.58. The van der Waals surface area contributed by atoms with Crippen LogP contribution in [0, 0.1) is 15.9 Å². The third-order valence-corrected chi connectivity index (χ3v) is 4.06. The molecule has 0 heterocycles. The number of halogens is 1. The summed E-state index contributed by atoms with van der Waals surface area (Å²) in [7, 11) is 1.39. The minimum atomic E-state index is -1.17. The predicted molar refractivity (Wildman–Crippen MR) is 104 cm³/mol. The number of hydrogen-bond acceptors (Lipinski definition) is 5. The van der Waals surface area contributed by atoms with Crippen LogP contribution in [-0.4, -0.2) is 17.9 Å². The van der Waals surface area contributed by atoms with Gasteiger partial charge in [-0.2, -0.15) is 0 Å². The number of amides is 1. The van der Waals surface area contributed by atoms with Gasteiger partial charge in [0.05, 0.1) is 18.1 Å². The number of nitrogens with zero attached hydrogens (tertiary/aromatic N) is 1. The van der Waals surface area contributed by atoms with Crippen molar-refractivity contribution >= 4 is 17.3 Å². The SMILES string of the molecule is COc1ccc(O[C@@H](C(=O)Nc2ccc(F)cc2)c2ccccc2)c([N+](=O)[O-])c1. The predicted octanol–water partition coefficient (Wildman–Crippen LogP) is 4.50. The van der Waals surface area contributed by atoms with Gasteiger partial charge in [-0.25, -0.2) is 4.39 Å². The molecule has 0 unspecified atom stereocenters. The summed E-state index contributed by atoms with van der Waals surface area (Å²) >= 11 is 0. The molecule has 0 fully saturated rings. The maximum Gasteiger partial charge on any atom is 0.314 e. The summed E-state index contributed by atoms with van der Waals surface area (Å²) in [6, 6.07) is 17.9. The number of rotatable bonds is 7. The molecule has 1 N–H and O–H groups in total. The highest BCUT2D eigenvalue weighted by molar-refractivity contribution is 5.95. The second-order valence-electron chi connectivity index (χ2n) is 6.00. The third-order valence-electron chi connectivity index (χ3n) is 4.06. The van der Waals surface area contributed by atoms with Crippen molar-refractivity contribution in [3.8, 4) is 11.5 Å². The summed E-state index contributed by atoms with van der Waals surface area (Å²) in [5.41, 5.74) is 0.530. The minimum absolute atomic E-state index is 0.0843. The van der Waals surface area contributed by atoms with Gasteiger partial charge in [0, 0.05) is 11.3 Å². The van der Waals surface area contributed by atoms with E-state index in [1.54, 1.807) is 30.3 Å². The van der Waals surface area contributed by atoms with E-state index in [1.807, 2.05) is 0 Å². The summed E-state index contributed by atoms with van der Waals surface area (Å²) in [5, 5.41) is 14.1. The number of hydrogen-bond donors (Lipinski definition) is 1. The number of nitrogens with one attached hydrogen (secondary N) is 1. The Morgan fingerprint density at radius 2 is 1.76 bits per heavy atom. The van der Waals surface area contributed by atoms with Crippen LogP contribution in [0.5, 0.6) is 11.5 Å². The molecule has 1 atom stereocenters. The van der Waals surface area contributed by atoms with Gasteiger partial charge in [-0.15, -0.1) is 0 Å². The lowest BCUT2D eigenvalue weighted by atomic mass is 10.1. The largest absolute Gasteiger partial charge is 0.496 e. The fourth-order valence-corrected chi connectivity index (χ4v) is 2.64. The van der Waals surface area contributed by atoms with Gasteiger partial charge in [0.15, 0.2) is 5.75 Å². The number of nitro benzene ring substituents is 1. The van der Waals surface area contributed by atoms with Crippen LogP contribution in [0.4, 0.5) is 15.8 Å². The Morgan fingerprint density at radius 1 is 1.07 bits per heavy atom. The topological polar surface area (TPSA) is 90.7 Å². The lowest BCUT2D eigenvalue weighted by molar-refractivity contribution is -0.386. The van der Waals surface area contributed by atoms with E-state index in [0.29, 0.717) is 11.3 Å². The van der Waals surface area contributed by atoms with Gasteiger partial charge in [0.25, 0.3) is 5.91 Å². The lowest BCUT2D eigenvalue weighted by Gasteiger charge is -2.19. The Morgan fingerprint density at radius 3 is 2.38 bits per heavy atom. The summed E-state index contributed by atoms with van der Waals surface area (Å²) in [6.45, 7) is 0. The summed E-state index contributed by atoms with van der Waals surface area (Å²) in [5.74, 6) is -0.796. The average Bonchev–Trinajstić information content (AvgIpc) is 2.74. The second kappa shape index (κ2) is 8.83. The standard InChI is InChI=1S/C21H17FN2O5/c1-28-17-11-12-19(18(13-17)24(26)27)29-20(14-5-3-2-4-6-14)21(25)23-16-9-7-15(22)8-10-16/h2-13,20H,1H3,(H,23,25)/t20-/m1/s1. The van der Waals surface area contributed by atoms with Crippen molar-refractivity contribution in [2.24, 2.45) is 0 Å². The van der Waals surface area contributed by atoms with E-state index in [-0.39, 0.29) is 17.2 Å². The molecule has 0 saturated carbocycles. The molecule has 0 spiro atoms. The van der Waals surface area contributed by atoms with Crippen LogP contribution < -0.4 is 14.8 Å². The lowest BCUT2D eigenvalue weighted by Crippen LogP contribution is -2.26. The highest BCUT2D eigenvalue weighted by Gasteiger charge is 2.27. The van der Waals surface area contributed by atoms with Crippen molar-refractivity contribution in [3.05, 3.63) is 94.3 Å². The Bertz CT molecular complexity index is 1010. The Balaban J connectivity index is 1.93. The molecule has 0 radical (unpaired) electrons. The molecule has 1 amide bonds. The molecular weight excluding hydrogens is 379 g/mol. The molecule has 0 aliphatic rings. The fraction of sp³-hybridized carbons (Fsp3) is 0.0952.